The largest absolute Gasteiger partial charge is 0.493 e. The van der Waals surface area contributed by atoms with Crippen LogP contribution in [0.3, 0.4) is 0 Å². The van der Waals surface area contributed by atoms with Crippen molar-refractivity contribution in [3.63, 3.8) is 0 Å². The predicted molar refractivity (Wildman–Crippen MR) is 215 cm³/mol. The molecule has 0 unspecified atom stereocenters. The van der Waals surface area contributed by atoms with Gasteiger partial charge in [-0.25, -0.2) is 4.79 Å². The lowest BCUT2D eigenvalue weighted by Gasteiger charge is -2.37. The summed E-state index contributed by atoms with van der Waals surface area (Å²) >= 11 is 0. The molecule has 0 fully saturated rings. The second-order valence-corrected chi connectivity index (χ2v) is 15.5. The first-order valence-electron chi connectivity index (χ1n) is 18.7. The highest BCUT2D eigenvalue weighted by Gasteiger charge is 2.36. The normalized spacial score (nSPS) is 15.3. The van der Waals surface area contributed by atoms with Gasteiger partial charge in [-0.1, -0.05) is 30.3 Å². The van der Waals surface area contributed by atoms with Crippen LogP contribution in [-0.4, -0.2) is 72.4 Å². The van der Waals surface area contributed by atoms with Crippen LogP contribution in [0.1, 0.15) is 49.8 Å². The number of benzene rings is 5. The topological polar surface area (TPSA) is 142 Å². The highest BCUT2D eigenvalue weighted by molar-refractivity contribution is 7.85. The predicted octanol–water partition coefficient (Wildman–Crippen LogP) is 7.40. The SMILES string of the molecule is CNCCc1cc(OC)c2cc1CCc1ccc(cc1)Oc1cc(c(S(=O)(=O)O)cc1OC)C[C@H]1c3c(cc(OC)c(OC(=O)c4ccccc4)c3O2)CCN1C. The van der Waals surface area contributed by atoms with Crippen LogP contribution in [0.25, 0.3) is 0 Å². The summed E-state index contributed by atoms with van der Waals surface area (Å²) in [6.45, 7) is 1.33. The van der Waals surface area contributed by atoms with Gasteiger partial charge >= 0.3 is 5.97 Å². The van der Waals surface area contributed by atoms with Gasteiger partial charge in [0.05, 0.1) is 26.9 Å². The molecule has 8 rings (SSSR count). The Morgan fingerprint density at radius 1 is 0.825 bits per heavy atom. The van der Waals surface area contributed by atoms with Gasteiger partial charge in [0, 0.05) is 24.2 Å². The Morgan fingerprint density at radius 2 is 1.51 bits per heavy atom. The number of hydrogen-bond donors (Lipinski definition) is 2. The number of methoxy groups -OCH3 is 3. The summed E-state index contributed by atoms with van der Waals surface area (Å²) in [7, 11) is 3.58. The first-order chi connectivity index (χ1) is 27.5. The summed E-state index contributed by atoms with van der Waals surface area (Å²) in [6.07, 6.45) is 2.77. The number of nitrogens with one attached hydrogen (secondary N) is 1. The number of ether oxygens (including phenoxy) is 6. The summed E-state index contributed by atoms with van der Waals surface area (Å²) in [5, 5.41) is 3.24. The Balaban J connectivity index is 1.51. The summed E-state index contributed by atoms with van der Waals surface area (Å²) < 4.78 is 73.7. The molecule has 0 spiro atoms. The lowest BCUT2D eigenvalue weighted by atomic mass is 9.87. The molecule has 5 aromatic rings. The van der Waals surface area contributed by atoms with E-state index >= 15 is 0 Å². The maximum absolute atomic E-state index is 13.8. The molecule has 2 N–H and O–H groups in total. The summed E-state index contributed by atoms with van der Waals surface area (Å²) in [6, 6.07) is 24.4. The molecule has 0 aromatic heterocycles. The molecular formula is C44H46N2O10S. The molecule has 12 nitrogen and oxygen atoms in total. The number of hydrogen-bond acceptors (Lipinski definition) is 11. The fourth-order valence-electron chi connectivity index (χ4n) is 7.54. The van der Waals surface area contributed by atoms with Crippen molar-refractivity contribution < 1.29 is 46.2 Å². The minimum absolute atomic E-state index is 0.0518. The second-order valence-electron chi connectivity index (χ2n) is 14.1. The van der Waals surface area contributed by atoms with Gasteiger partial charge < -0.3 is 33.7 Å². The maximum Gasteiger partial charge on any atom is 0.343 e. The van der Waals surface area contributed by atoms with Crippen LogP contribution < -0.4 is 33.7 Å². The Morgan fingerprint density at radius 3 is 2.19 bits per heavy atom. The van der Waals surface area contributed by atoms with Crippen molar-refractivity contribution in [3.05, 3.63) is 124 Å². The Kier molecular flexibility index (Phi) is 11.7. The molecule has 298 valence electrons. The number of likely N-dealkylation sites (N-methyl/N-ethyl adjacent to an activating group) is 2. The zero-order valence-corrected chi connectivity index (χ0v) is 33.4. The van der Waals surface area contributed by atoms with E-state index in [4.69, 9.17) is 28.4 Å². The van der Waals surface area contributed by atoms with E-state index < -0.39 is 22.1 Å². The van der Waals surface area contributed by atoms with Gasteiger partial charge in [0.1, 0.15) is 10.6 Å². The van der Waals surface area contributed by atoms with Crippen LogP contribution in [0.4, 0.5) is 0 Å². The molecule has 57 heavy (non-hydrogen) atoms. The number of nitrogens with zero attached hydrogens (tertiary/aromatic N) is 1. The summed E-state index contributed by atoms with van der Waals surface area (Å²) in [5.74, 6) is 1.73. The van der Waals surface area contributed by atoms with E-state index in [-0.39, 0.29) is 45.6 Å². The number of carbonyl (C=O) groups is 1. The molecule has 5 aromatic carbocycles. The van der Waals surface area contributed by atoms with Crippen LogP contribution in [0.2, 0.25) is 0 Å². The number of esters is 1. The molecule has 3 heterocycles. The van der Waals surface area contributed by atoms with Crippen LogP contribution in [0.15, 0.2) is 89.8 Å². The molecule has 6 bridgehead atoms. The van der Waals surface area contributed by atoms with Crippen molar-refractivity contribution in [1.82, 2.24) is 10.2 Å². The van der Waals surface area contributed by atoms with E-state index in [2.05, 4.69) is 10.2 Å². The zero-order chi connectivity index (χ0) is 40.3. The van der Waals surface area contributed by atoms with Crippen molar-refractivity contribution in [1.29, 1.82) is 0 Å². The second kappa shape index (κ2) is 16.9. The monoisotopic (exact) mass is 794 g/mol. The third-order valence-electron chi connectivity index (χ3n) is 10.6. The van der Waals surface area contributed by atoms with Gasteiger partial charge in [0.2, 0.25) is 5.75 Å². The molecule has 3 aliphatic heterocycles. The van der Waals surface area contributed by atoms with E-state index in [1.165, 1.54) is 20.3 Å². The van der Waals surface area contributed by atoms with E-state index in [9.17, 15) is 17.8 Å². The summed E-state index contributed by atoms with van der Waals surface area (Å²) in [5.41, 5.74) is 5.30. The van der Waals surface area contributed by atoms with Gasteiger partial charge in [-0.15, -0.1) is 0 Å². The Bertz CT molecular complexity index is 2380. The number of carbonyl (C=O) groups excluding carboxylic acids is 1. The van der Waals surface area contributed by atoms with Gasteiger partial charge in [-0.05, 0) is 129 Å². The van der Waals surface area contributed by atoms with Crippen LogP contribution in [0, 0.1) is 0 Å². The van der Waals surface area contributed by atoms with Crippen molar-refractivity contribution in [2.75, 3.05) is 48.5 Å². The van der Waals surface area contributed by atoms with E-state index in [1.54, 1.807) is 37.4 Å². The zero-order valence-electron chi connectivity index (χ0n) is 32.6. The number of fused-ring (bicyclic) bond motifs is 3. The fraction of sp³-hybridized carbons (Fsp3) is 0.295. The van der Waals surface area contributed by atoms with Gasteiger partial charge in [0.25, 0.3) is 10.1 Å². The fourth-order valence-corrected chi connectivity index (χ4v) is 8.27. The van der Waals surface area contributed by atoms with Gasteiger partial charge in [-0.3, -0.25) is 9.45 Å². The molecule has 0 saturated carbocycles. The van der Waals surface area contributed by atoms with E-state index in [0.717, 1.165) is 35.2 Å². The third-order valence-corrected chi connectivity index (χ3v) is 11.5. The Hall–Kier alpha value is -5.60. The van der Waals surface area contributed by atoms with Crippen LogP contribution in [-0.2, 0) is 42.2 Å². The lowest BCUT2D eigenvalue weighted by molar-refractivity contribution is 0.0724. The maximum atomic E-state index is 13.8. The molecule has 0 radical (unpaired) electrons. The summed E-state index contributed by atoms with van der Waals surface area (Å²) in [4.78, 5) is 15.6. The van der Waals surface area contributed by atoms with E-state index in [1.807, 2.05) is 62.6 Å². The van der Waals surface area contributed by atoms with E-state index in [0.29, 0.717) is 54.2 Å². The van der Waals surface area contributed by atoms with Crippen molar-refractivity contribution in [2.24, 2.45) is 0 Å². The van der Waals surface area contributed by atoms with Crippen molar-refractivity contribution >= 4 is 16.1 Å². The van der Waals surface area contributed by atoms with Gasteiger partial charge in [0.15, 0.2) is 34.5 Å². The average Bonchev–Trinajstić information content (AvgIpc) is 3.21. The van der Waals surface area contributed by atoms with Crippen LogP contribution >= 0.6 is 0 Å². The third kappa shape index (κ3) is 8.42. The first-order valence-corrected chi connectivity index (χ1v) is 20.1. The minimum atomic E-state index is -4.74. The minimum Gasteiger partial charge on any atom is -0.493 e. The lowest BCUT2D eigenvalue weighted by Crippen LogP contribution is -2.34. The first kappa shape index (κ1) is 39.6. The number of aryl methyl sites for hydroxylation is 2. The standard InChI is InChI=1S/C44H46N2O10S/c1-45-19-17-30-22-35(51-3)38-23-29(30)14-11-27-12-15-33(16-13-27)54-37-25-32(40(57(48,49)50)26-36(37)52-4)21-34-41-31(18-20-46(34)2)24-39(53-5)42(43(41)55-38)56-44(47)28-9-7-6-8-10-28/h6-10,12-13,15-16,22-26,34,45H,11,14,17-21H2,1-5H3,(H,48,49,50)/t34-/m0/s1. The Labute approximate surface area is 333 Å². The van der Waals surface area contributed by atoms with Crippen molar-refractivity contribution in [3.8, 4) is 46.0 Å². The van der Waals surface area contributed by atoms with Crippen molar-refractivity contribution in [2.45, 2.75) is 43.0 Å². The number of rotatable bonds is 9. The molecule has 3 aliphatic rings. The van der Waals surface area contributed by atoms with Gasteiger partial charge in [-0.2, -0.15) is 8.42 Å². The molecule has 1 atom stereocenters. The highest BCUT2D eigenvalue weighted by Crippen LogP contribution is 2.52. The molecule has 0 saturated heterocycles. The quantitative estimate of drug-likeness (QED) is 0.0873. The average molecular weight is 795 g/mol. The molecule has 0 amide bonds. The molecule has 13 heteroatoms. The smallest absolute Gasteiger partial charge is 0.343 e. The molecule has 0 aliphatic carbocycles. The highest BCUT2D eigenvalue weighted by atomic mass is 32.2. The van der Waals surface area contributed by atoms with Crippen LogP contribution in [0.5, 0.6) is 46.0 Å². The molecular weight excluding hydrogens is 749 g/mol.